The fourth-order valence-electron chi connectivity index (χ4n) is 2.38. The fraction of sp³-hybridized carbons (Fsp3) is 0.714. The van der Waals surface area contributed by atoms with E-state index in [0.29, 0.717) is 0 Å². The number of rotatable bonds is 4. The summed E-state index contributed by atoms with van der Waals surface area (Å²) in [6.45, 7) is 9.39. The van der Waals surface area contributed by atoms with Gasteiger partial charge in [-0.1, -0.05) is 18.7 Å². The second-order valence-electron chi connectivity index (χ2n) is 4.92. The van der Waals surface area contributed by atoms with Crippen molar-refractivity contribution in [2.75, 3.05) is 13.6 Å². The summed E-state index contributed by atoms with van der Waals surface area (Å²) in [5.74, 6) is 1.73. The third-order valence-corrected chi connectivity index (χ3v) is 3.54. The molecule has 86 valence electrons. The van der Waals surface area contributed by atoms with Gasteiger partial charge in [0, 0.05) is 19.3 Å². The minimum absolute atomic E-state index is 0.849. The number of hydrogen-bond donors (Lipinski definition) is 0. The predicted molar refractivity (Wildman–Crippen MR) is 67.7 cm³/mol. The van der Waals surface area contributed by atoms with E-state index in [-0.39, 0.29) is 0 Å². The van der Waals surface area contributed by atoms with Crippen molar-refractivity contribution in [3.63, 3.8) is 0 Å². The lowest BCUT2D eigenvalue weighted by atomic mass is 9.81. The first-order valence-corrected chi connectivity index (χ1v) is 6.13. The van der Waals surface area contributed by atoms with Crippen LogP contribution >= 0.6 is 0 Å². The summed E-state index contributed by atoms with van der Waals surface area (Å²) in [4.78, 5) is 2.29. The summed E-state index contributed by atoms with van der Waals surface area (Å²) in [5, 5.41) is 0. The van der Waals surface area contributed by atoms with Crippen molar-refractivity contribution >= 4 is 0 Å². The van der Waals surface area contributed by atoms with Crippen molar-refractivity contribution in [3.8, 4) is 0 Å². The van der Waals surface area contributed by atoms with Crippen LogP contribution in [0.4, 0.5) is 0 Å². The van der Waals surface area contributed by atoms with E-state index in [9.17, 15) is 0 Å². The van der Waals surface area contributed by atoms with Gasteiger partial charge in [-0.25, -0.2) is 0 Å². The van der Waals surface area contributed by atoms with Gasteiger partial charge >= 0.3 is 0 Å². The first kappa shape index (κ1) is 12.4. The van der Waals surface area contributed by atoms with Crippen LogP contribution in [-0.2, 0) is 0 Å². The molecule has 1 fully saturated rings. The zero-order valence-electron chi connectivity index (χ0n) is 10.5. The Kier molecular flexibility index (Phi) is 4.93. The molecule has 0 atom stereocenters. The molecule has 1 rings (SSSR count). The molecule has 0 saturated heterocycles. The molecule has 0 aromatic rings. The highest BCUT2D eigenvalue weighted by atomic mass is 15.1. The molecule has 0 aliphatic heterocycles. The van der Waals surface area contributed by atoms with Crippen molar-refractivity contribution in [2.45, 2.75) is 39.5 Å². The van der Waals surface area contributed by atoms with Gasteiger partial charge in [-0.2, -0.15) is 0 Å². The van der Waals surface area contributed by atoms with E-state index >= 15 is 0 Å². The van der Waals surface area contributed by atoms with Crippen LogP contribution in [0.3, 0.4) is 0 Å². The van der Waals surface area contributed by atoms with Gasteiger partial charge in [-0.3, -0.25) is 0 Å². The van der Waals surface area contributed by atoms with Gasteiger partial charge in [0.25, 0.3) is 0 Å². The topological polar surface area (TPSA) is 3.24 Å². The standard InChI is InChI=1S/C14H25N/c1-5-6-13-7-9-14(10-8-13)11-15(4)12(2)3/h5-6,13-14H,2,7-11H2,1,3-4H3/b6-5+. The van der Waals surface area contributed by atoms with Crippen LogP contribution in [0.15, 0.2) is 24.4 Å². The number of hydrogen-bond acceptors (Lipinski definition) is 1. The smallest absolute Gasteiger partial charge is 0.0199 e. The van der Waals surface area contributed by atoms with Gasteiger partial charge in [0.2, 0.25) is 0 Å². The SMILES string of the molecule is C=C(C)N(C)CC1CCC(/C=C/C)CC1. The summed E-state index contributed by atoms with van der Waals surface area (Å²) >= 11 is 0. The van der Waals surface area contributed by atoms with Gasteiger partial charge in [0.05, 0.1) is 0 Å². The molecular weight excluding hydrogens is 182 g/mol. The maximum absolute atomic E-state index is 3.98. The van der Waals surface area contributed by atoms with Gasteiger partial charge < -0.3 is 4.90 Å². The molecule has 1 heteroatoms. The predicted octanol–water partition coefficient (Wildman–Crippen LogP) is 3.83. The molecule has 0 radical (unpaired) electrons. The monoisotopic (exact) mass is 207 g/mol. The highest BCUT2D eigenvalue weighted by Gasteiger charge is 2.20. The molecule has 0 aromatic heterocycles. The lowest BCUT2D eigenvalue weighted by molar-refractivity contribution is 0.246. The lowest BCUT2D eigenvalue weighted by Crippen LogP contribution is -2.26. The first-order valence-electron chi connectivity index (χ1n) is 6.13. The molecule has 15 heavy (non-hydrogen) atoms. The van der Waals surface area contributed by atoms with Gasteiger partial charge in [-0.05, 0) is 51.4 Å². The number of allylic oxidation sites excluding steroid dienone is 3. The van der Waals surface area contributed by atoms with Crippen LogP contribution in [0.2, 0.25) is 0 Å². The van der Waals surface area contributed by atoms with E-state index in [1.807, 2.05) is 0 Å². The van der Waals surface area contributed by atoms with Crippen LogP contribution in [0.25, 0.3) is 0 Å². The average Bonchev–Trinajstić information content (AvgIpc) is 2.21. The third kappa shape index (κ3) is 4.11. The van der Waals surface area contributed by atoms with Crippen LogP contribution in [0, 0.1) is 11.8 Å². The van der Waals surface area contributed by atoms with Crippen LogP contribution in [0.5, 0.6) is 0 Å². The zero-order valence-corrected chi connectivity index (χ0v) is 10.5. The Labute approximate surface area is 94.9 Å². The highest BCUT2D eigenvalue weighted by Crippen LogP contribution is 2.30. The summed E-state index contributed by atoms with van der Waals surface area (Å²) in [7, 11) is 2.15. The average molecular weight is 207 g/mol. The van der Waals surface area contributed by atoms with E-state index in [0.717, 1.165) is 11.8 Å². The van der Waals surface area contributed by atoms with E-state index in [4.69, 9.17) is 0 Å². The zero-order chi connectivity index (χ0) is 11.3. The maximum atomic E-state index is 3.98. The molecule has 1 aliphatic carbocycles. The van der Waals surface area contributed by atoms with Gasteiger partial charge in [-0.15, -0.1) is 0 Å². The Balaban J connectivity index is 2.28. The van der Waals surface area contributed by atoms with Crippen molar-refractivity contribution < 1.29 is 0 Å². The van der Waals surface area contributed by atoms with E-state index in [1.54, 1.807) is 0 Å². The molecule has 1 nitrogen and oxygen atoms in total. The summed E-state index contributed by atoms with van der Waals surface area (Å²) in [6.07, 6.45) is 10.1. The lowest BCUT2D eigenvalue weighted by Gasteiger charge is -2.31. The molecule has 0 aromatic carbocycles. The van der Waals surface area contributed by atoms with Gasteiger partial charge in [0.1, 0.15) is 0 Å². The summed E-state index contributed by atoms with van der Waals surface area (Å²) in [6, 6.07) is 0. The summed E-state index contributed by atoms with van der Waals surface area (Å²) < 4.78 is 0. The van der Waals surface area contributed by atoms with Crippen molar-refractivity contribution in [1.29, 1.82) is 0 Å². The molecular formula is C14H25N. The van der Waals surface area contributed by atoms with E-state index in [2.05, 4.69) is 44.5 Å². The van der Waals surface area contributed by atoms with Gasteiger partial charge in [0.15, 0.2) is 0 Å². The Morgan fingerprint density at radius 3 is 2.40 bits per heavy atom. The second-order valence-corrected chi connectivity index (χ2v) is 4.92. The quantitative estimate of drug-likeness (QED) is 0.633. The fourth-order valence-corrected chi connectivity index (χ4v) is 2.38. The summed E-state index contributed by atoms with van der Waals surface area (Å²) in [5.41, 5.74) is 1.19. The van der Waals surface area contributed by atoms with Crippen molar-refractivity contribution in [2.24, 2.45) is 11.8 Å². The molecule has 0 spiro atoms. The highest BCUT2D eigenvalue weighted by molar-refractivity contribution is 4.91. The van der Waals surface area contributed by atoms with E-state index < -0.39 is 0 Å². The largest absolute Gasteiger partial charge is 0.378 e. The van der Waals surface area contributed by atoms with Crippen LogP contribution in [0.1, 0.15) is 39.5 Å². The normalized spacial score (nSPS) is 26.9. The number of nitrogens with zero attached hydrogens (tertiary/aromatic N) is 1. The minimum atomic E-state index is 0.849. The molecule has 0 heterocycles. The Morgan fingerprint density at radius 2 is 1.93 bits per heavy atom. The molecule has 1 saturated carbocycles. The van der Waals surface area contributed by atoms with Crippen molar-refractivity contribution in [1.82, 2.24) is 4.90 Å². The molecule has 0 bridgehead atoms. The second kappa shape index (κ2) is 5.99. The van der Waals surface area contributed by atoms with Crippen LogP contribution < -0.4 is 0 Å². The Bertz CT molecular complexity index is 221. The molecule has 0 unspecified atom stereocenters. The Hall–Kier alpha value is -0.720. The van der Waals surface area contributed by atoms with E-state index in [1.165, 1.54) is 37.9 Å². The molecule has 0 amide bonds. The molecule has 1 aliphatic rings. The van der Waals surface area contributed by atoms with Crippen molar-refractivity contribution in [3.05, 3.63) is 24.4 Å². The third-order valence-electron chi connectivity index (χ3n) is 3.54. The minimum Gasteiger partial charge on any atom is -0.378 e. The first-order chi connectivity index (χ1) is 7.13. The van der Waals surface area contributed by atoms with Crippen LogP contribution in [-0.4, -0.2) is 18.5 Å². The maximum Gasteiger partial charge on any atom is 0.0199 e. The Morgan fingerprint density at radius 1 is 1.33 bits per heavy atom. The molecule has 0 N–H and O–H groups in total.